The number of esters is 1. The molecule has 5 nitrogen and oxygen atoms in total. The Kier molecular flexibility index (Phi) is 5.47. The summed E-state index contributed by atoms with van der Waals surface area (Å²) >= 11 is 0. The highest BCUT2D eigenvalue weighted by Gasteiger charge is 1.98. The van der Waals surface area contributed by atoms with Crippen molar-refractivity contribution in [3.05, 3.63) is 22.6 Å². The topological polar surface area (TPSA) is 75.1 Å². The van der Waals surface area contributed by atoms with E-state index in [0.29, 0.717) is 6.42 Å². The summed E-state index contributed by atoms with van der Waals surface area (Å²) in [6, 6.07) is -0.269. The first-order valence-electron chi connectivity index (χ1n) is 3.55. The van der Waals surface area contributed by atoms with Gasteiger partial charge in [-0.25, -0.2) is 4.79 Å². The Morgan fingerprint density at radius 2 is 2.50 bits per heavy atom. The molecule has 0 heterocycles. The lowest BCUT2D eigenvalue weighted by Crippen LogP contribution is -1.99. The van der Waals surface area contributed by atoms with E-state index in [1.54, 1.807) is 0 Å². The highest BCUT2D eigenvalue weighted by atomic mass is 16.5. The largest absolute Gasteiger partial charge is 0.466 e. The molecular formula is C7H11N3O2. The molecule has 0 rings (SSSR count). The maximum absolute atomic E-state index is 10.6. The van der Waals surface area contributed by atoms with E-state index in [0.717, 1.165) is 0 Å². The fraction of sp³-hybridized carbons (Fsp3) is 0.571. The van der Waals surface area contributed by atoms with Gasteiger partial charge >= 0.3 is 5.97 Å². The van der Waals surface area contributed by atoms with Gasteiger partial charge in [0.2, 0.25) is 0 Å². The Hall–Kier alpha value is -1.48. The molecule has 1 unspecified atom stereocenters. The van der Waals surface area contributed by atoms with Gasteiger partial charge in [-0.3, -0.25) is 0 Å². The van der Waals surface area contributed by atoms with Crippen LogP contribution in [0.4, 0.5) is 0 Å². The summed E-state index contributed by atoms with van der Waals surface area (Å²) in [6.07, 6.45) is 3.44. The molecule has 0 aliphatic heterocycles. The number of rotatable bonds is 4. The smallest absolute Gasteiger partial charge is 0.330 e. The highest BCUT2D eigenvalue weighted by Crippen LogP contribution is 1.99. The Bertz CT molecular complexity index is 219. The lowest BCUT2D eigenvalue weighted by molar-refractivity contribution is -0.134. The molecule has 0 aliphatic carbocycles. The quantitative estimate of drug-likeness (QED) is 0.211. The van der Waals surface area contributed by atoms with E-state index < -0.39 is 5.97 Å². The minimum Gasteiger partial charge on any atom is -0.466 e. The van der Waals surface area contributed by atoms with Crippen LogP contribution in [0.1, 0.15) is 13.3 Å². The van der Waals surface area contributed by atoms with Crippen LogP contribution in [0.2, 0.25) is 0 Å². The molecular weight excluding hydrogens is 158 g/mol. The van der Waals surface area contributed by atoms with Crippen LogP contribution in [0.5, 0.6) is 0 Å². The van der Waals surface area contributed by atoms with Crippen molar-refractivity contribution in [1.82, 2.24) is 0 Å². The van der Waals surface area contributed by atoms with Crippen LogP contribution in [0.15, 0.2) is 17.3 Å². The van der Waals surface area contributed by atoms with Crippen LogP contribution < -0.4 is 0 Å². The fourth-order valence-corrected chi connectivity index (χ4v) is 0.580. The van der Waals surface area contributed by atoms with Gasteiger partial charge in [-0.2, -0.15) is 0 Å². The van der Waals surface area contributed by atoms with Gasteiger partial charge in [0, 0.05) is 11.0 Å². The van der Waals surface area contributed by atoms with Crippen LogP contribution in [0.3, 0.4) is 0 Å². The van der Waals surface area contributed by atoms with Crippen molar-refractivity contribution in [2.75, 3.05) is 7.11 Å². The SMILES string of the molecule is CCC(/C=C/C(=O)OC)N=[N+]=[N-]. The van der Waals surface area contributed by atoms with Crippen molar-refractivity contribution in [2.24, 2.45) is 5.11 Å². The van der Waals surface area contributed by atoms with E-state index in [9.17, 15) is 4.79 Å². The summed E-state index contributed by atoms with van der Waals surface area (Å²) in [5.41, 5.74) is 8.10. The molecule has 0 aliphatic rings. The Morgan fingerprint density at radius 1 is 1.83 bits per heavy atom. The van der Waals surface area contributed by atoms with Crippen molar-refractivity contribution in [2.45, 2.75) is 19.4 Å². The monoisotopic (exact) mass is 169 g/mol. The summed E-state index contributed by atoms with van der Waals surface area (Å²) in [4.78, 5) is 13.2. The average molecular weight is 169 g/mol. The fourth-order valence-electron chi connectivity index (χ4n) is 0.580. The second-order valence-electron chi connectivity index (χ2n) is 2.06. The number of nitrogens with zero attached hydrogens (tertiary/aromatic N) is 3. The van der Waals surface area contributed by atoms with Crippen molar-refractivity contribution in [1.29, 1.82) is 0 Å². The number of azide groups is 1. The van der Waals surface area contributed by atoms with Crippen molar-refractivity contribution in [3.8, 4) is 0 Å². The number of ether oxygens (including phenoxy) is 1. The molecule has 1 atom stereocenters. The third kappa shape index (κ3) is 4.35. The van der Waals surface area contributed by atoms with E-state index in [2.05, 4.69) is 14.8 Å². The van der Waals surface area contributed by atoms with Gasteiger partial charge in [-0.05, 0) is 12.0 Å². The molecule has 0 fully saturated rings. The lowest BCUT2D eigenvalue weighted by atomic mass is 10.2. The molecule has 0 aromatic heterocycles. The Labute approximate surface area is 70.6 Å². The van der Waals surface area contributed by atoms with Gasteiger partial charge in [0.05, 0.1) is 13.2 Å². The van der Waals surface area contributed by atoms with Crippen molar-refractivity contribution >= 4 is 5.97 Å². The number of carbonyl (C=O) groups excluding carboxylic acids is 1. The number of hydrogen-bond donors (Lipinski definition) is 0. The molecule has 0 spiro atoms. The van der Waals surface area contributed by atoms with E-state index in [1.807, 2.05) is 6.92 Å². The molecule has 0 saturated heterocycles. The molecule has 0 amide bonds. The Balaban J connectivity index is 4.09. The normalized spacial score (nSPS) is 12.2. The lowest BCUT2D eigenvalue weighted by Gasteiger charge is -1.98. The summed E-state index contributed by atoms with van der Waals surface area (Å²) in [7, 11) is 1.29. The molecule has 66 valence electrons. The predicted octanol–water partition coefficient (Wildman–Crippen LogP) is 1.80. The zero-order chi connectivity index (χ0) is 9.40. The first kappa shape index (κ1) is 10.5. The van der Waals surface area contributed by atoms with Gasteiger partial charge in [0.1, 0.15) is 0 Å². The summed E-state index contributed by atoms with van der Waals surface area (Å²) < 4.78 is 4.36. The molecule has 0 aromatic carbocycles. The van der Waals surface area contributed by atoms with E-state index in [-0.39, 0.29) is 6.04 Å². The predicted molar refractivity (Wildman–Crippen MR) is 44.4 cm³/mol. The summed E-state index contributed by atoms with van der Waals surface area (Å²) in [6.45, 7) is 1.86. The van der Waals surface area contributed by atoms with E-state index in [1.165, 1.54) is 19.3 Å². The standard InChI is InChI=1S/C7H11N3O2/c1-3-6(9-10-8)4-5-7(11)12-2/h4-6H,3H2,1-2H3/b5-4+. The minimum absolute atomic E-state index is 0.269. The zero-order valence-electron chi connectivity index (χ0n) is 7.10. The molecule has 0 radical (unpaired) electrons. The van der Waals surface area contributed by atoms with Crippen molar-refractivity contribution < 1.29 is 9.53 Å². The molecule has 12 heavy (non-hydrogen) atoms. The maximum atomic E-state index is 10.6. The van der Waals surface area contributed by atoms with Crippen LogP contribution in [-0.2, 0) is 9.53 Å². The third-order valence-electron chi connectivity index (χ3n) is 1.27. The van der Waals surface area contributed by atoms with E-state index >= 15 is 0 Å². The van der Waals surface area contributed by atoms with Crippen LogP contribution in [0.25, 0.3) is 10.4 Å². The maximum Gasteiger partial charge on any atom is 0.330 e. The first-order valence-corrected chi connectivity index (χ1v) is 3.55. The van der Waals surface area contributed by atoms with Gasteiger partial charge < -0.3 is 4.74 Å². The third-order valence-corrected chi connectivity index (χ3v) is 1.27. The van der Waals surface area contributed by atoms with Gasteiger partial charge in [0.25, 0.3) is 0 Å². The average Bonchev–Trinajstić information content (AvgIpc) is 2.11. The van der Waals surface area contributed by atoms with Gasteiger partial charge in [-0.1, -0.05) is 18.1 Å². The van der Waals surface area contributed by atoms with Gasteiger partial charge in [-0.15, -0.1) is 0 Å². The second-order valence-corrected chi connectivity index (χ2v) is 2.06. The van der Waals surface area contributed by atoms with Crippen LogP contribution >= 0.6 is 0 Å². The minimum atomic E-state index is -0.443. The second kappa shape index (κ2) is 6.24. The van der Waals surface area contributed by atoms with E-state index in [4.69, 9.17) is 5.53 Å². The number of methoxy groups -OCH3 is 1. The first-order chi connectivity index (χ1) is 5.74. The molecule has 5 heteroatoms. The van der Waals surface area contributed by atoms with Crippen LogP contribution in [-0.4, -0.2) is 19.1 Å². The van der Waals surface area contributed by atoms with Crippen LogP contribution in [0, 0.1) is 0 Å². The summed E-state index contributed by atoms with van der Waals surface area (Å²) in [5, 5.41) is 3.43. The number of hydrogen-bond acceptors (Lipinski definition) is 3. The summed E-state index contributed by atoms with van der Waals surface area (Å²) in [5.74, 6) is -0.443. The number of carbonyl (C=O) groups is 1. The molecule has 0 aromatic rings. The van der Waals surface area contributed by atoms with Crippen molar-refractivity contribution in [3.63, 3.8) is 0 Å². The van der Waals surface area contributed by atoms with Gasteiger partial charge in [0.15, 0.2) is 0 Å². The molecule has 0 saturated carbocycles. The highest BCUT2D eigenvalue weighted by molar-refractivity contribution is 5.81. The molecule has 0 bridgehead atoms. The zero-order valence-corrected chi connectivity index (χ0v) is 7.10. The molecule has 0 N–H and O–H groups in total. The Morgan fingerprint density at radius 3 is 2.92 bits per heavy atom.